The number of nitriles is 1. The molecule has 2 amide bonds. The van der Waals surface area contributed by atoms with Crippen molar-refractivity contribution in [3.05, 3.63) is 99.1 Å². The first-order valence-electron chi connectivity index (χ1n) is 10.3. The van der Waals surface area contributed by atoms with Crippen LogP contribution in [0.2, 0.25) is 0 Å². The summed E-state index contributed by atoms with van der Waals surface area (Å²) in [5.41, 5.74) is 3.46. The van der Waals surface area contributed by atoms with E-state index in [1.165, 1.54) is 25.3 Å². The molecule has 0 aliphatic carbocycles. The van der Waals surface area contributed by atoms with Crippen molar-refractivity contribution in [2.75, 3.05) is 12.1 Å². The number of carbonyl (C=O) groups excluding carboxylic acids is 2. The Kier molecular flexibility index (Phi) is 6.42. The van der Waals surface area contributed by atoms with Gasteiger partial charge < -0.3 is 9.47 Å². The van der Waals surface area contributed by atoms with Gasteiger partial charge in [0.25, 0.3) is 11.8 Å². The van der Waals surface area contributed by atoms with E-state index in [4.69, 9.17) is 9.47 Å². The first-order chi connectivity index (χ1) is 16.9. The highest BCUT2D eigenvalue weighted by Crippen LogP contribution is 2.39. The number of anilines is 1. The number of nitrogens with one attached hydrogen (secondary N) is 1. The van der Waals surface area contributed by atoms with Gasteiger partial charge >= 0.3 is 5.69 Å². The number of ether oxygens (including phenoxy) is 2. The van der Waals surface area contributed by atoms with E-state index in [1.807, 2.05) is 6.07 Å². The summed E-state index contributed by atoms with van der Waals surface area (Å²) in [5.74, 6) is -1.35. The summed E-state index contributed by atoms with van der Waals surface area (Å²) in [6.45, 7) is -0.103. The maximum atomic E-state index is 12.8. The van der Waals surface area contributed by atoms with Gasteiger partial charge in [-0.2, -0.15) is 5.26 Å². The van der Waals surface area contributed by atoms with Gasteiger partial charge in [-0.15, -0.1) is 0 Å². The number of hydrogen-bond acceptors (Lipinski definition) is 7. The normalized spacial score (nSPS) is 13.9. The molecule has 1 heterocycles. The molecule has 0 aromatic heterocycles. The lowest BCUT2D eigenvalue weighted by atomic mass is 10.1. The van der Waals surface area contributed by atoms with Gasteiger partial charge in [-0.25, -0.2) is 5.01 Å². The van der Waals surface area contributed by atoms with Crippen molar-refractivity contribution in [2.45, 2.75) is 6.61 Å². The molecule has 1 aliphatic rings. The Labute approximate surface area is 199 Å². The highest BCUT2D eigenvalue weighted by molar-refractivity contribution is 6.31. The topological polar surface area (TPSA) is 135 Å². The lowest BCUT2D eigenvalue weighted by Crippen LogP contribution is -2.35. The average molecular weight is 470 g/mol. The minimum Gasteiger partial charge on any atom is -0.493 e. The Hall–Kier alpha value is -5.17. The van der Waals surface area contributed by atoms with Crippen LogP contribution in [0.15, 0.2) is 72.3 Å². The molecule has 0 radical (unpaired) electrons. The van der Waals surface area contributed by atoms with Crippen molar-refractivity contribution in [3.8, 4) is 17.6 Å². The van der Waals surface area contributed by atoms with Crippen LogP contribution in [0.25, 0.3) is 6.08 Å². The summed E-state index contributed by atoms with van der Waals surface area (Å²) < 4.78 is 11.0. The first kappa shape index (κ1) is 23.0. The number of rotatable bonds is 7. The summed E-state index contributed by atoms with van der Waals surface area (Å²) >= 11 is 0. The van der Waals surface area contributed by atoms with Crippen LogP contribution in [-0.4, -0.2) is 23.8 Å². The Morgan fingerprint density at radius 1 is 1.11 bits per heavy atom. The quantitative estimate of drug-likeness (QED) is 0.242. The SMILES string of the molecule is COc1cc(/C=C2/C(=O)NN(c3ccccc3)C2=O)cc([N+](=O)[O-])c1OCc1ccccc1C#N. The molecule has 3 aromatic rings. The van der Waals surface area contributed by atoms with Gasteiger partial charge in [0.05, 0.1) is 29.4 Å². The number of benzene rings is 3. The molecule has 0 saturated carbocycles. The van der Waals surface area contributed by atoms with E-state index in [0.717, 1.165) is 5.01 Å². The van der Waals surface area contributed by atoms with Crippen molar-refractivity contribution in [2.24, 2.45) is 0 Å². The standard InChI is InChI=1S/C25H18N4O6/c1-34-22-13-16(11-20-24(30)27-28(25(20)31)19-9-3-2-4-10-19)12-21(29(32)33)23(22)35-15-18-8-6-5-7-17(18)14-26/h2-13H,15H2,1H3,(H,27,30)/b20-11-. The number of nitro groups is 1. The van der Waals surface area contributed by atoms with Crippen LogP contribution in [0.1, 0.15) is 16.7 Å². The number of amides is 2. The molecular weight excluding hydrogens is 452 g/mol. The number of hydrogen-bond donors (Lipinski definition) is 1. The second-order valence-electron chi connectivity index (χ2n) is 7.36. The molecule has 10 heteroatoms. The Morgan fingerprint density at radius 3 is 2.51 bits per heavy atom. The second kappa shape index (κ2) is 9.76. The van der Waals surface area contributed by atoms with Crippen LogP contribution in [0.3, 0.4) is 0 Å². The van der Waals surface area contributed by atoms with Gasteiger partial charge in [-0.05, 0) is 35.9 Å². The molecule has 35 heavy (non-hydrogen) atoms. The minimum absolute atomic E-state index is 0.0336. The van der Waals surface area contributed by atoms with E-state index < -0.39 is 22.4 Å². The Balaban J connectivity index is 1.68. The van der Waals surface area contributed by atoms with E-state index >= 15 is 0 Å². The summed E-state index contributed by atoms with van der Waals surface area (Å²) in [6.07, 6.45) is 1.25. The summed E-state index contributed by atoms with van der Waals surface area (Å²) in [6, 6.07) is 19.9. The first-order valence-corrected chi connectivity index (χ1v) is 10.3. The lowest BCUT2D eigenvalue weighted by molar-refractivity contribution is -0.386. The molecule has 0 unspecified atom stereocenters. The van der Waals surface area contributed by atoms with Crippen molar-refractivity contribution in [1.82, 2.24) is 5.43 Å². The van der Waals surface area contributed by atoms with Crippen molar-refractivity contribution in [1.29, 1.82) is 5.26 Å². The van der Waals surface area contributed by atoms with E-state index in [2.05, 4.69) is 5.43 Å². The maximum Gasteiger partial charge on any atom is 0.315 e. The van der Waals surface area contributed by atoms with Gasteiger partial charge in [0.2, 0.25) is 5.75 Å². The van der Waals surface area contributed by atoms with Crippen LogP contribution >= 0.6 is 0 Å². The molecule has 1 N–H and O–H groups in total. The number of hydrazine groups is 1. The largest absolute Gasteiger partial charge is 0.493 e. The van der Waals surface area contributed by atoms with E-state index in [9.17, 15) is 25.0 Å². The Bertz CT molecular complexity index is 1390. The second-order valence-corrected chi connectivity index (χ2v) is 7.36. The number of para-hydroxylation sites is 1. The highest BCUT2D eigenvalue weighted by Gasteiger charge is 2.34. The molecule has 10 nitrogen and oxygen atoms in total. The molecule has 0 atom stereocenters. The summed E-state index contributed by atoms with van der Waals surface area (Å²) in [7, 11) is 1.32. The van der Waals surface area contributed by atoms with E-state index in [1.54, 1.807) is 54.6 Å². The zero-order chi connectivity index (χ0) is 24.9. The zero-order valence-electron chi connectivity index (χ0n) is 18.4. The molecule has 174 valence electrons. The van der Waals surface area contributed by atoms with Crippen LogP contribution < -0.4 is 19.9 Å². The summed E-state index contributed by atoms with van der Waals surface area (Å²) in [4.78, 5) is 36.5. The minimum atomic E-state index is -0.650. The number of carbonyl (C=O) groups is 2. The monoisotopic (exact) mass is 470 g/mol. The van der Waals surface area contributed by atoms with E-state index in [-0.39, 0.29) is 29.2 Å². The Morgan fingerprint density at radius 2 is 1.83 bits per heavy atom. The zero-order valence-corrected chi connectivity index (χ0v) is 18.4. The van der Waals surface area contributed by atoms with Gasteiger partial charge in [0.15, 0.2) is 5.75 Å². The molecule has 1 aliphatic heterocycles. The van der Waals surface area contributed by atoms with Crippen molar-refractivity contribution >= 4 is 29.3 Å². The van der Waals surface area contributed by atoms with Gasteiger partial charge in [0, 0.05) is 11.6 Å². The van der Waals surface area contributed by atoms with Crippen molar-refractivity contribution in [3.63, 3.8) is 0 Å². The number of nitrogens with zero attached hydrogens (tertiary/aromatic N) is 3. The predicted molar refractivity (Wildman–Crippen MR) is 125 cm³/mol. The lowest BCUT2D eigenvalue weighted by Gasteiger charge is -2.14. The molecule has 0 spiro atoms. The van der Waals surface area contributed by atoms with Gasteiger partial charge in [0.1, 0.15) is 12.2 Å². The van der Waals surface area contributed by atoms with Gasteiger partial charge in [-0.1, -0.05) is 36.4 Å². The molecule has 1 saturated heterocycles. The van der Waals surface area contributed by atoms with Crippen molar-refractivity contribution < 1.29 is 24.0 Å². The van der Waals surface area contributed by atoms with Crippen LogP contribution in [0, 0.1) is 21.4 Å². The fourth-order valence-electron chi connectivity index (χ4n) is 3.51. The predicted octanol–water partition coefficient (Wildman–Crippen LogP) is 3.52. The van der Waals surface area contributed by atoms with E-state index in [0.29, 0.717) is 16.8 Å². The molecular formula is C25H18N4O6. The fraction of sp³-hybridized carbons (Fsp3) is 0.0800. The maximum absolute atomic E-state index is 12.8. The molecule has 4 rings (SSSR count). The third-order valence-corrected chi connectivity index (χ3v) is 5.20. The third kappa shape index (κ3) is 4.65. The van der Waals surface area contributed by atoms with Crippen LogP contribution in [0.5, 0.6) is 11.5 Å². The van der Waals surface area contributed by atoms with Crippen LogP contribution in [0.4, 0.5) is 11.4 Å². The van der Waals surface area contributed by atoms with Gasteiger partial charge in [-0.3, -0.25) is 25.1 Å². The number of methoxy groups -OCH3 is 1. The average Bonchev–Trinajstić information content (AvgIpc) is 3.16. The smallest absolute Gasteiger partial charge is 0.315 e. The fourth-order valence-corrected chi connectivity index (χ4v) is 3.51. The number of nitro benzene ring substituents is 1. The summed E-state index contributed by atoms with van der Waals surface area (Å²) in [5, 5.41) is 22.2. The molecule has 3 aromatic carbocycles. The van der Waals surface area contributed by atoms with Crippen LogP contribution in [-0.2, 0) is 16.2 Å². The molecule has 0 bridgehead atoms. The molecule has 1 fully saturated rings. The highest BCUT2D eigenvalue weighted by atomic mass is 16.6. The third-order valence-electron chi connectivity index (χ3n) is 5.20.